The van der Waals surface area contributed by atoms with Crippen LogP contribution >= 0.6 is 0 Å². The van der Waals surface area contributed by atoms with Crippen LogP contribution in [0.15, 0.2) is 30.3 Å². The molecule has 0 unspecified atom stereocenters. The SMILES string of the molecule is C[C@](O)(c1ccccc1)C1CCCCC1. The van der Waals surface area contributed by atoms with Crippen molar-refractivity contribution in [3.8, 4) is 0 Å². The van der Waals surface area contributed by atoms with Crippen molar-refractivity contribution in [3.63, 3.8) is 0 Å². The summed E-state index contributed by atoms with van der Waals surface area (Å²) >= 11 is 0. The lowest BCUT2D eigenvalue weighted by atomic mass is 9.74. The molecule has 1 aromatic rings. The molecule has 0 aromatic heterocycles. The molecule has 0 aliphatic heterocycles. The number of hydrogen-bond acceptors (Lipinski definition) is 1. The van der Waals surface area contributed by atoms with Crippen LogP contribution in [0.5, 0.6) is 0 Å². The van der Waals surface area contributed by atoms with Gasteiger partial charge in [-0.25, -0.2) is 0 Å². The van der Waals surface area contributed by atoms with E-state index in [2.05, 4.69) is 0 Å². The molecule has 0 radical (unpaired) electrons. The van der Waals surface area contributed by atoms with Gasteiger partial charge in [-0.3, -0.25) is 0 Å². The Morgan fingerprint density at radius 1 is 1.07 bits per heavy atom. The molecule has 0 heterocycles. The van der Waals surface area contributed by atoms with E-state index in [1.54, 1.807) is 0 Å². The highest BCUT2D eigenvalue weighted by atomic mass is 16.3. The van der Waals surface area contributed by atoms with Crippen LogP contribution in [-0.4, -0.2) is 5.11 Å². The van der Waals surface area contributed by atoms with Crippen LogP contribution in [-0.2, 0) is 5.60 Å². The Labute approximate surface area is 92.1 Å². The van der Waals surface area contributed by atoms with Crippen LogP contribution in [0.25, 0.3) is 0 Å². The highest BCUT2D eigenvalue weighted by molar-refractivity contribution is 5.22. The molecule has 1 aliphatic rings. The first-order valence-electron chi connectivity index (χ1n) is 5.99. The molecule has 1 heteroatoms. The highest BCUT2D eigenvalue weighted by Crippen LogP contribution is 2.38. The van der Waals surface area contributed by atoms with E-state index in [1.807, 2.05) is 37.3 Å². The summed E-state index contributed by atoms with van der Waals surface area (Å²) < 4.78 is 0. The van der Waals surface area contributed by atoms with E-state index in [1.165, 1.54) is 32.1 Å². The minimum atomic E-state index is -0.637. The molecule has 82 valence electrons. The molecular formula is C14H20O. The van der Waals surface area contributed by atoms with E-state index < -0.39 is 5.60 Å². The fraction of sp³-hybridized carbons (Fsp3) is 0.571. The van der Waals surface area contributed by atoms with Gasteiger partial charge in [-0.1, -0.05) is 49.6 Å². The number of hydrogen-bond donors (Lipinski definition) is 1. The number of benzene rings is 1. The first kappa shape index (κ1) is 10.7. The van der Waals surface area contributed by atoms with Crippen molar-refractivity contribution >= 4 is 0 Å². The second-order valence-electron chi connectivity index (χ2n) is 4.85. The van der Waals surface area contributed by atoms with Crippen molar-refractivity contribution in [3.05, 3.63) is 35.9 Å². The van der Waals surface area contributed by atoms with E-state index in [0.717, 1.165) is 5.56 Å². The molecule has 2 rings (SSSR count). The second kappa shape index (κ2) is 4.36. The summed E-state index contributed by atoms with van der Waals surface area (Å²) in [5.74, 6) is 0.439. The van der Waals surface area contributed by atoms with Crippen molar-refractivity contribution in [2.75, 3.05) is 0 Å². The minimum absolute atomic E-state index is 0.439. The standard InChI is InChI=1S/C14H20O/c1-14(15,12-8-4-2-5-9-12)13-10-6-3-7-11-13/h2,4-5,8-9,13,15H,3,6-7,10-11H2,1H3/t14-/m0/s1. The van der Waals surface area contributed by atoms with Crippen LogP contribution in [0.4, 0.5) is 0 Å². The average Bonchev–Trinajstić information content (AvgIpc) is 2.31. The summed E-state index contributed by atoms with van der Waals surface area (Å²) in [6.07, 6.45) is 6.21. The predicted molar refractivity (Wildman–Crippen MR) is 62.6 cm³/mol. The fourth-order valence-corrected chi connectivity index (χ4v) is 2.68. The van der Waals surface area contributed by atoms with Crippen LogP contribution in [0.3, 0.4) is 0 Å². The van der Waals surface area contributed by atoms with Gasteiger partial charge in [-0.05, 0) is 31.2 Å². The topological polar surface area (TPSA) is 20.2 Å². The maximum atomic E-state index is 10.6. The molecule has 1 nitrogen and oxygen atoms in total. The first-order valence-corrected chi connectivity index (χ1v) is 5.99. The Hall–Kier alpha value is -0.820. The van der Waals surface area contributed by atoms with Crippen LogP contribution in [0, 0.1) is 5.92 Å². The summed E-state index contributed by atoms with van der Waals surface area (Å²) in [7, 11) is 0. The fourth-order valence-electron chi connectivity index (χ4n) is 2.68. The largest absolute Gasteiger partial charge is 0.385 e. The smallest absolute Gasteiger partial charge is 0.0896 e. The minimum Gasteiger partial charge on any atom is -0.385 e. The molecular weight excluding hydrogens is 184 g/mol. The van der Waals surface area contributed by atoms with E-state index in [4.69, 9.17) is 0 Å². The zero-order chi connectivity index (χ0) is 10.7. The van der Waals surface area contributed by atoms with Gasteiger partial charge in [0.1, 0.15) is 0 Å². The molecule has 1 N–H and O–H groups in total. The molecule has 1 aromatic carbocycles. The average molecular weight is 204 g/mol. The molecule has 1 aliphatic carbocycles. The molecule has 1 fully saturated rings. The third kappa shape index (κ3) is 2.23. The van der Waals surface area contributed by atoms with Gasteiger partial charge in [-0.15, -0.1) is 0 Å². The summed E-state index contributed by atoms with van der Waals surface area (Å²) in [5, 5.41) is 10.6. The number of aliphatic hydroxyl groups is 1. The molecule has 0 saturated heterocycles. The maximum absolute atomic E-state index is 10.6. The molecule has 0 amide bonds. The second-order valence-corrected chi connectivity index (χ2v) is 4.85. The quantitative estimate of drug-likeness (QED) is 0.782. The summed E-state index contributed by atoms with van der Waals surface area (Å²) in [4.78, 5) is 0. The van der Waals surface area contributed by atoms with Crippen molar-refractivity contribution in [2.24, 2.45) is 5.92 Å². The van der Waals surface area contributed by atoms with E-state index in [0.29, 0.717) is 5.92 Å². The van der Waals surface area contributed by atoms with Gasteiger partial charge >= 0.3 is 0 Å². The third-order valence-electron chi connectivity index (χ3n) is 3.76. The van der Waals surface area contributed by atoms with Crippen molar-refractivity contribution in [1.29, 1.82) is 0 Å². The Balaban J connectivity index is 2.18. The Bertz CT molecular complexity index is 296. The van der Waals surface area contributed by atoms with E-state index >= 15 is 0 Å². The van der Waals surface area contributed by atoms with Gasteiger partial charge < -0.3 is 5.11 Å². The van der Waals surface area contributed by atoms with Crippen LogP contribution in [0.2, 0.25) is 0 Å². The molecule has 15 heavy (non-hydrogen) atoms. The lowest BCUT2D eigenvalue weighted by Crippen LogP contribution is -2.33. The van der Waals surface area contributed by atoms with E-state index in [-0.39, 0.29) is 0 Å². The number of rotatable bonds is 2. The lowest BCUT2D eigenvalue weighted by molar-refractivity contribution is -0.0215. The Morgan fingerprint density at radius 2 is 1.67 bits per heavy atom. The molecule has 1 atom stereocenters. The van der Waals surface area contributed by atoms with Gasteiger partial charge in [0.05, 0.1) is 5.60 Å². The van der Waals surface area contributed by atoms with Crippen molar-refractivity contribution in [1.82, 2.24) is 0 Å². The molecule has 0 spiro atoms. The van der Waals surface area contributed by atoms with Gasteiger partial charge in [-0.2, -0.15) is 0 Å². The summed E-state index contributed by atoms with van der Waals surface area (Å²) in [6, 6.07) is 10.1. The monoisotopic (exact) mass is 204 g/mol. The van der Waals surface area contributed by atoms with Gasteiger partial charge in [0, 0.05) is 0 Å². The van der Waals surface area contributed by atoms with Crippen molar-refractivity contribution in [2.45, 2.75) is 44.6 Å². The molecule has 0 bridgehead atoms. The first-order chi connectivity index (χ1) is 7.21. The van der Waals surface area contributed by atoms with Crippen LogP contribution in [0.1, 0.15) is 44.6 Å². The van der Waals surface area contributed by atoms with Gasteiger partial charge in [0.15, 0.2) is 0 Å². The molecule has 1 saturated carbocycles. The van der Waals surface area contributed by atoms with E-state index in [9.17, 15) is 5.11 Å². The lowest BCUT2D eigenvalue weighted by Gasteiger charge is -2.36. The normalized spacial score (nSPS) is 22.3. The van der Waals surface area contributed by atoms with Crippen molar-refractivity contribution < 1.29 is 5.11 Å². The summed E-state index contributed by atoms with van der Waals surface area (Å²) in [6.45, 7) is 1.97. The van der Waals surface area contributed by atoms with Gasteiger partial charge in [0.2, 0.25) is 0 Å². The maximum Gasteiger partial charge on any atom is 0.0896 e. The predicted octanol–water partition coefficient (Wildman–Crippen LogP) is 3.47. The Morgan fingerprint density at radius 3 is 2.27 bits per heavy atom. The summed E-state index contributed by atoms with van der Waals surface area (Å²) in [5.41, 5.74) is 0.429. The Kier molecular flexibility index (Phi) is 3.11. The third-order valence-corrected chi connectivity index (χ3v) is 3.76. The zero-order valence-electron chi connectivity index (χ0n) is 9.45. The van der Waals surface area contributed by atoms with Crippen LogP contribution < -0.4 is 0 Å². The van der Waals surface area contributed by atoms with Gasteiger partial charge in [0.25, 0.3) is 0 Å². The highest BCUT2D eigenvalue weighted by Gasteiger charge is 2.33. The zero-order valence-corrected chi connectivity index (χ0v) is 9.45.